The molecule has 0 saturated carbocycles. The second-order valence-corrected chi connectivity index (χ2v) is 6.12. The van der Waals surface area contributed by atoms with Gasteiger partial charge >= 0.3 is 0 Å². The van der Waals surface area contributed by atoms with Gasteiger partial charge in [0, 0.05) is 24.8 Å². The van der Waals surface area contributed by atoms with E-state index in [0.29, 0.717) is 30.6 Å². The summed E-state index contributed by atoms with van der Waals surface area (Å²) in [7, 11) is 0. The highest BCUT2D eigenvalue weighted by molar-refractivity contribution is 5.91. The fourth-order valence-corrected chi connectivity index (χ4v) is 2.93. The Morgan fingerprint density at radius 1 is 1.52 bits per heavy atom. The van der Waals surface area contributed by atoms with Crippen LogP contribution in [0.25, 0.3) is 0 Å². The minimum atomic E-state index is -0.251. The lowest BCUT2D eigenvalue weighted by molar-refractivity contribution is 0.0945. The maximum Gasteiger partial charge on any atom is 0.273 e. The molecule has 1 atom stereocenters. The summed E-state index contributed by atoms with van der Waals surface area (Å²) >= 11 is 0. The van der Waals surface area contributed by atoms with E-state index in [9.17, 15) is 4.79 Å². The topological polar surface area (TPSA) is 94.0 Å². The molecule has 2 N–H and O–H groups in total. The third kappa shape index (κ3) is 4.76. The van der Waals surface area contributed by atoms with Gasteiger partial charge in [0.25, 0.3) is 5.91 Å². The molecule has 0 aromatic carbocycles. The summed E-state index contributed by atoms with van der Waals surface area (Å²) in [6.45, 7) is 5.62. The van der Waals surface area contributed by atoms with Gasteiger partial charge in [0.15, 0.2) is 5.69 Å². The summed E-state index contributed by atoms with van der Waals surface area (Å²) in [5.74, 6) is 0.827. The standard InChI is InChI=1S/C17H24N6O2/c1-2-25-17-14(6-4-8-19-17)10-20-16(24)15-12-23(22-21-15)11-13-5-3-7-18-9-13/h4,6,8,12-13,18H,2-3,5,7,9-11H2,1H3,(H,20,24)/t13-/m0/s1. The van der Waals surface area contributed by atoms with Crippen LogP contribution in [0.1, 0.15) is 35.8 Å². The zero-order valence-corrected chi connectivity index (χ0v) is 14.4. The molecule has 0 spiro atoms. The van der Waals surface area contributed by atoms with Crippen molar-refractivity contribution in [2.45, 2.75) is 32.9 Å². The third-order valence-corrected chi connectivity index (χ3v) is 4.19. The molecule has 2 aromatic heterocycles. The lowest BCUT2D eigenvalue weighted by atomic mass is 10.00. The van der Waals surface area contributed by atoms with Gasteiger partial charge in [0.05, 0.1) is 12.8 Å². The van der Waals surface area contributed by atoms with Crippen LogP contribution in [0.2, 0.25) is 0 Å². The van der Waals surface area contributed by atoms with Crippen molar-refractivity contribution in [2.24, 2.45) is 5.92 Å². The molecular formula is C17H24N6O2. The highest BCUT2D eigenvalue weighted by atomic mass is 16.5. The molecule has 8 nitrogen and oxygen atoms in total. The molecule has 0 bridgehead atoms. The van der Waals surface area contributed by atoms with Gasteiger partial charge in [-0.05, 0) is 44.8 Å². The zero-order chi connectivity index (χ0) is 17.5. The van der Waals surface area contributed by atoms with Crippen molar-refractivity contribution in [2.75, 3.05) is 19.7 Å². The number of aromatic nitrogens is 4. The number of nitrogens with zero attached hydrogens (tertiary/aromatic N) is 4. The van der Waals surface area contributed by atoms with E-state index in [0.717, 1.165) is 25.2 Å². The van der Waals surface area contributed by atoms with Crippen LogP contribution in [0.4, 0.5) is 0 Å². The number of carbonyl (C=O) groups excluding carboxylic acids is 1. The van der Waals surface area contributed by atoms with Gasteiger partial charge < -0.3 is 15.4 Å². The Balaban J connectivity index is 1.55. The normalized spacial score (nSPS) is 17.2. The molecule has 0 unspecified atom stereocenters. The van der Waals surface area contributed by atoms with Crippen LogP contribution in [-0.4, -0.2) is 45.6 Å². The van der Waals surface area contributed by atoms with E-state index < -0.39 is 0 Å². The van der Waals surface area contributed by atoms with Gasteiger partial charge in [-0.25, -0.2) is 4.98 Å². The second-order valence-electron chi connectivity index (χ2n) is 6.12. The Hall–Kier alpha value is -2.48. The van der Waals surface area contributed by atoms with Crippen LogP contribution in [0.15, 0.2) is 24.5 Å². The van der Waals surface area contributed by atoms with Crippen molar-refractivity contribution < 1.29 is 9.53 Å². The van der Waals surface area contributed by atoms with Crippen molar-refractivity contribution in [3.8, 4) is 5.88 Å². The van der Waals surface area contributed by atoms with Crippen LogP contribution < -0.4 is 15.4 Å². The Labute approximate surface area is 147 Å². The molecule has 25 heavy (non-hydrogen) atoms. The molecule has 1 fully saturated rings. The first-order chi connectivity index (χ1) is 12.3. The molecule has 1 amide bonds. The van der Waals surface area contributed by atoms with Crippen molar-refractivity contribution in [1.82, 2.24) is 30.6 Å². The van der Waals surface area contributed by atoms with Gasteiger partial charge in [0.2, 0.25) is 5.88 Å². The average molecular weight is 344 g/mol. The summed E-state index contributed by atoms with van der Waals surface area (Å²) in [6.07, 6.45) is 5.73. The van der Waals surface area contributed by atoms with Crippen LogP contribution in [0.3, 0.4) is 0 Å². The summed E-state index contributed by atoms with van der Waals surface area (Å²) in [5.41, 5.74) is 1.16. The first-order valence-corrected chi connectivity index (χ1v) is 8.72. The Kier molecular flexibility index (Phi) is 5.95. The number of amides is 1. The number of hydrogen-bond donors (Lipinski definition) is 2. The van der Waals surface area contributed by atoms with E-state index in [-0.39, 0.29) is 5.91 Å². The highest BCUT2D eigenvalue weighted by Gasteiger charge is 2.16. The van der Waals surface area contributed by atoms with Crippen LogP contribution in [-0.2, 0) is 13.1 Å². The molecule has 134 valence electrons. The molecule has 2 aromatic rings. The number of rotatable bonds is 7. The molecule has 1 saturated heterocycles. The van der Waals surface area contributed by atoms with Gasteiger partial charge in [-0.1, -0.05) is 11.3 Å². The lowest BCUT2D eigenvalue weighted by Gasteiger charge is -2.22. The molecule has 8 heteroatoms. The summed E-state index contributed by atoms with van der Waals surface area (Å²) in [6, 6.07) is 3.70. The van der Waals surface area contributed by atoms with Crippen molar-refractivity contribution in [3.05, 3.63) is 35.8 Å². The van der Waals surface area contributed by atoms with Gasteiger partial charge in [-0.2, -0.15) is 0 Å². The number of carbonyl (C=O) groups is 1. The molecule has 0 aliphatic carbocycles. The first-order valence-electron chi connectivity index (χ1n) is 8.72. The number of ether oxygens (including phenoxy) is 1. The van der Waals surface area contributed by atoms with Crippen molar-refractivity contribution in [1.29, 1.82) is 0 Å². The third-order valence-electron chi connectivity index (χ3n) is 4.19. The van der Waals surface area contributed by atoms with Crippen LogP contribution in [0.5, 0.6) is 5.88 Å². The van der Waals surface area contributed by atoms with Gasteiger partial charge in [-0.3, -0.25) is 9.48 Å². The molecule has 3 heterocycles. The summed E-state index contributed by atoms with van der Waals surface area (Å²) in [4.78, 5) is 16.5. The molecule has 1 aliphatic rings. The van der Waals surface area contributed by atoms with Gasteiger partial charge in [0.1, 0.15) is 0 Å². The maximum atomic E-state index is 12.3. The van der Waals surface area contributed by atoms with Crippen LogP contribution in [0, 0.1) is 5.92 Å². The predicted octanol–water partition coefficient (Wildman–Crippen LogP) is 1.00. The number of pyridine rings is 1. The minimum Gasteiger partial charge on any atom is -0.478 e. The fourth-order valence-electron chi connectivity index (χ4n) is 2.93. The highest BCUT2D eigenvalue weighted by Crippen LogP contribution is 2.14. The van der Waals surface area contributed by atoms with E-state index in [1.165, 1.54) is 12.8 Å². The SMILES string of the molecule is CCOc1ncccc1CNC(=O)c1cn(C[C@H]2CCCNC2)nn1. The number of nitrogens with one attached hydrogen (secondary N) is 2. The number of hydrogen-bond acceptors (Lipinski definition) is 6. The van der Waals surface area contributed by atoms with Gasteiger partial charge in [-0.15, -0.1) is 5.10 Å². The fraction of sp³-hybridized carbons (Fsp3) is 0.529. The van der Waals surface area contributed by atoms with E-state index in [1.54, 1.807) is 17.1 Å². The Morgan fingerprint density at radius 2 is 2.44 bits per heavy atom. The monoisotopic (exact) mass is 344 g/mol. The Bertz CT molecular complexity index is 696. The lowest BCUT2D eigenvalue weighted by Crippen LogP contribution is -2.32. The second kappa shape index (κ2) is 8.57. The smallest absolute Gasteiger partial charge is 0.273 e. The molecule has 1 aliphatic heterocycles. The van der Waals surface area contributed by atoms with E-state index in [4.69, 9.17) is 4.74 Å². The summed E-state index contributed by atoms with van der Waals surface area (Å²) < 4.78 is 7.22. The van der Waals surface area contributed by atoms with E-state index in [1.807, 2.05) is 19.1 Å². The minimum absolute atomic E-state index is 0.251. The van der Waals surface area contributed by atoms with E-state index >= 15 is 0 Å². The Morgan fingerprint density at radius 3 is 3.24 bits per heavy atom. The zero-order valence-electron chi connectivity index (χ0n) is 14.4. The molecule has 3 rings (SSSR count). The maximum absolute atomic E-state index is 12.3. The average Bonchev–Trinajstić information content (AvgIpc) is 3.10. The quantitative estimate of drug-likeness (QED) is 0.778. The largest absolute Gasteiger partial charge is 0.478 e. The molecular weight excluding hydrogens is 320 g/mol. The van der Waals surface area contributed by atoms with Crippen molar-refractivity contribution in [3.63, 3.8) is 0 Å². The number of piperidine rings is 1. The summed E-state index contributed by atoms with van der Waals surface area (Å²) in [5, 5.41) is 14.3. The van der Waals surface area contributed by atoms with E-state index in [2.05, 4.69) is 25.9 Å². The predicted molar refractivity (Wildman–Crippen MR) is 92.2 cm³/mol. The van der Waals surface area contributed by atoms with Crippen LogP contribution >= 0.6 is 0 Å². The van der Waals surface area contributed by atoms with Crippen molar-refractivity contribution >= 4 is 5.91 Å². The first kappa shape index (κ1) is 17.3. The molecule has 0 radical (unpaired) electrons.